The Labute approximate surface area is 70.7 Å². The van der Waals surface area contributed by atoms with Crippen LogP contribution in [-0.2, 0) is 19.0 Å². The molecule has 2 N–H and O–H groups in total. The zero-order valence-corrected chi connectivity index (χ0v) is 6.93. The van der Waals surface area contributed by atoms with Gasteiger partial charge in [0, 0.05) is 7.11 Å². The topological polar surface area (TPSA) is 62.9 Å². The molecule has 0 saturated carbocycles. The summed E-state index contributed by atoms with van der Waals surface area (Å²) in [6, 6.07) is 0. The molecule has 0 bridgehead atoms. The average molecular weight is 175 g/mol. The molecule has 2 rings (SSSR count). The minimum atomic E-state index is -0.143. The van der Waals surface area contributed by atoms with E-state index in [1.54, 1.807) is 7.11 Å². The van der Waals surface area contributed by atoms with E-state index in [2.05, 4.69) is 0 Å². The summed E-state index contributed by atoms with van der Waals surface area (Å²) in [5.41, 5.74) is 0. The molecule has 2 aliphatic rings. The van der Waals surface area contributed by atoms with E-state index in [1.807, 2.05) is 0 Å². The van der Waals surface area contributed by atoms with Crippen molar-refractivity contribution in [3.05, 3.63) is 0 Å². The molecule has 0 spiro atoms. The summed E-state index contributed by atoms with van der Waals surface area (Å²) in [6.07, 6.45) is -0.186. The fourth-order valence-electron chi connectivity index (χ4n) is 1.75. The molecular formula is C7H13NO4. The third-order valence-electron chi connectivity index (χ3n) is 2.44. The Morgan fingerprint density at radius 1 is 1.17 bits per heavy atom. The molecule has 0 aromatic rings. The molecule has 2 fully saturated rings. The highest BCUT2D eigenvalue weighted by Crippen LogP contribution is 2.29. The Bertz CT molecular complexity index is 147. The van der Waals surface area contributed by atoms with E-state index in [9.17, 15) is 0 Å². The van der Waals surface area contributed by atoms with Gasteiger partial charge < -0.3 is 14.2 Å². The van der Waals surface area contributed by atoms with Gasteiger partial charge >= 0.3 is 0 Å². The number of hydrogen-bond acceptors (Lipinski definition) is 5. The second-order valence-electron chi connectivity index (χ2n) is 3.04. The largest absolute Gasteiger partial charge is 0.376 e. The second kappa shape index (κ2) is 3.27. The summed E-state index contributed by atoms with van der Waals surface area (Å²) in [5.74, 6) is 5.08. The summed E-state index contributed by atoms with van der Waals surface area (Å²) >= 11 is 0. The van der Waals surface area contributed by atoms with Gasteiger partial charge in [0.25, 0.3) is 0 Å². The summed E-state index contributed by atoms with van der Waals surface area (Å²) in [4.78, 5) is 4.71. The zero-order valence-electron chi connectivity index (χ0n) is 6.93. The lowest BCUT2D eigenvalue weighted by atomic mass is 10.1. The van der Waals surface area contributed by atoms with E-state index in [0.717, 1.165) is 0 Å². The van der Waals surface area contributed by atoms with Gasteiger partial charge in [0.05, 0.1) is 13.2 Å². The van der Waals surface area contributed by atoms with Crippen LogP contribution in [0.15, 0.2) is 0 Å². The molecule has 4 atom stereocenters. The smallest absolute Gasteiger partial charge is 0.131 e. The van der Waals surface area contributed by atoms with Crippen molar-refractivity contribution < 1.29 is 19.0 Å². The van der Waals surface area contributed by atoms with E-state index < -0.39 is 0 Å². The Morgan fingerprint density at radius 2 is 1.75 bits per heavy atom. The molecule has 0 radical (unpaired) electrons. The number of fused-ring (bicyclic) bond motifs is 1. The van der Waals surface area contributed by atoms with Crippen molar-refractivity contribution in [3.8, 4) is 0 Å². The number of nitrogens with two attached hydrogens (primary N) is 1. The van der Waals surface area contributed by atoms with Crippen molar-refractivity contribution in [1.29, 1.82) is 0 Å². The molecule has 0 aromatic carbocycles. The van der Waals surface area contributed by atoms with Crippen LogP contribution in [0.3, 0.4) is 0 Å². The van der Waals surface area contributed by atoms with Crippen molar-refractivity contribution in [3.63, 3.8) is 0 Å². The maximum atomic E-state index is 5.43. The van der Waals surface area contributed by atoms with Crippen molar-refractivity contribution in [2.45, 2.75) is 24.4 Å². The van der Waals surface area contributed by atoms with Gasteiger partial charge in [-0.05, 0) is 0 Å². The number of methoxy groups -OCH3 is 1. The highest BCUT2D eigenvalue weighted by atomic mass is 16.7. The first kappa shape index (κ1) is 8.40. The van der Waals surface area contributed by atoms with Gasteiger partial charge in [0.1, 0.15) is 24.4 Å². The molecule has 0 aromatic heterocycles. The fourth-order valence-corrected chi connectivity index (χ4v) is 1.75. The van der Waals surface area contributed by atoms with Crippen LogP contribution >= 0.6 is 0 Å². The number of hydrogen-bond donors (Lipinski definition) is 1. The van der Waals surface area contributed by atoms with Crippen molar-refractivity contribution in [2.75, 3.05) is 20.3 Å². The predicted molar refractivity (Wildman–Crippen MR) is 39.3 cm³/mol. The third-order valence-corrected chi connectivity index (χ3v) is 2.44. The van der Waals surface area contributed by atoms with E-state index in [0.29, 0.717) is 13.2 Å². The quantitative estimate of drug-likeness (QED) is 0.549. The maximum absolute atomic E-state index is 5.43. The molecule has 70 valence electrons. The SMILES string of the molecule is CO[C@@H]1CO[C@H]2[C@@H]1OC[C@H]2ON. The number of rotatable bonds is 2. The Kier molecular flexibility index (Phi) is 2.29. The molecule has 0 amide bonds. The maximum Gasteiger partial charge on any atom is 0.131 e. The van der Waals surface area contributed by atoms with Gasteiger partial charge in [-0.25, -0.2) is 5.90 Å². The summed E-state index contributed by atoms with van der Waals surface area (Å²) < 4.78 is 16.0. The van der Waals surface area contributed by atoms with Crippen LogP contribution in [0, 0.1) is 0 Å². The molecule has 5 heteroatoms. The lowest BCUT2D eigenvalue weighted by molar-refractivity contribution is -0.0428. The first-order valence-corrected chi connectivity index (χ1v) is 3.98. The monoisotopic (exact) mass is 175 g/mol. The molecule has 5 nitrogen and oxygen atoms in total. The van der Waals surface area contributed by atoms with Gasteiger partial charge in [0.2, 0.25) is 0 Å². The summed E-state index contributed by atoms with van der Waals surface area (Å²) in [5, 5.41) is 0. The zero-order chi connectivity index (χ0) is 8.55. The van der Waals surface area contributed by atoms with Crippen LogP contribution in [0.2, 0.25) is 0 Å². The van der Waals surface area contributed by atoms with Crippen LogP contribution < -0.4 is 5.90 Å². The minimum absolute atomic E-state index is 0.0106. The Morgan fingerprint density at radius 3 is 2.33 bits per heavy atom. The number of ether oxygens (including phenoxy) is 3. The highest BCUT2D eigenvalue weighted by Gasteiger charge is 2.48. The molecule has 2 saturated heterocycles. The third kappa shape index (κ3) is 1.14. The van der Waals surface area contributed by atoms with E-state index in [1.165, 1.54) is 0 Å². The molecule has 2 heterocycles. The first-order chi connectivity index (χ1) is 5.86. The van der Waals surface area contributed by atoms with Crippen LogP contribution in [0.4, 0.5) is 0 Å². The Hall–Kier alpha value is -0.200. The lowest BCUT2D eigenvalue weighted by Crippen LogP contribution is -2.34. The van der Waals surface area contributed by atoms with Crippen LogP contribution in [-0.4, -0.2) is 44.7 Å². The van der Waals surface area contributed by atoms with Gasteiger partial charge in [-0.2, -0.15) is 0 Å². The molecular weight excluding hydrogens is 162 g/mol. The predicted octanol–water partition coefficient (Wildman–Crippen LogP) is -0.942. The lowest BCUT2D eigenvalue weighted by Gasteiger charge is -2.13. The van der Waals surface area contributed by atoms with Crippen molar-refractivity contribution in [2.24, 2.45) is 5.90 Å². The van der Waals surface area contributed by atoms with Crippen molar-refractivity contribution >= 4 is 0 Å². The van der Waals surface area contributed by atoms with E-state index >= 15 is 0 Å². The van der Waals surface area contributed by atoms with Gasteiger partial charge in [-0.1, -0.05) is 0 Å². The Balaban J connectivity index is 2.01. The summed E-state index contributed by atoms with van der Waals surface area (Å²) in [7, 11) is 1.65. The molecule has 0 aliphatic carbocycles. The standard InChI is InChI=1S/C7H13NO4/c1-9-4-2-10-7-5(12-8)3-11-6(4)7/h4-7H,2-3,8H2,1H3/t4-,5-,6-,7-/m1/s1. The highest BCUT2D eigenvalue weighted by molar-refractivity contribution is 4.95. The van der Waals surface area contributed by atoms with Crippen LogP contribution in [0.25, 0.3) is 0 Å². The van der Waals surface area contributed by atoms with Crippen molar-refractivity contribution in [1.82, 2.24) is 0 Å². The van der Waals surface area contributed by atoms with Crippen LogP contribution in [0.1, 0.15) is 0 Å². The molecule has 0 unspecified atom stereocenters. The first-order valence-electron chi connectivity index (χ1n) is 3.98. The van der Waals surface area contributed by atoms with Gasteiger partial charge in [-0.3, -0.25) is 4.84 Å². The minimum Gasteiger partial charge on any atom is -0.376 e. The summed E-state index contributed by atoms with van der Waals surface area (Å²) in [6.45, 7) is 1.05. The van der Waals surface area contributed by atoms with Gasteiger partial charge in [0.15, 0.2) is 0 Å². The van der Waals surface area contributed by atoms with Crippen LogP contribution in [0.5, 0.6) is 0 Å². The van der Waals surface area contributed by atoms with Gasteiger partial charge in [-0.15, -0.1) is 0 Å². The molecule has 2 aliphatic heterocycles. The normalized spacial score (nSPS) is 46.5. The average Bonchev–Trinajstić information content (AvgIpc) is 2.62. The van der Waals surface area contributed by atoms with E-state index in [4.69, 9.17) is 24.9 Å². The molecule has 12 heavy (non-hydrogen) atoms. The fraction of sp³-hybridized carbons (Fsp3) is 1.00. The second-order valence-corrected chi connectivity index (χ2v) is 3.04. The van der Waals surface area contributed by atoms with E-state index in [-0.39, 0.29) is 24.4 Å².